The Morgan fingerprint density at radius 1 is 1.26 bits per heavy atom. The van der Waals surface area contributed by atoms with Crippen LogP contribution in [0.25, 0.3) is 0 Å². The van der Waals surface area contributed by atoms with Crippen molar-refractivity contribution in [2.24, 2.45) is 5.73 Å². The van der Waals surface area contributed by atoms with Gasteiger partial charge in [0.25, 0.3) is 0 Å². The third kappa shape index (κ3) is 9.57. The summed E-state index contributed by atoms with van der Waals surface area (Å²) < 4.78 is 0. The van der Waals surface area contributed by atoms with Crippen molar-refractivity contribution < 1.29 is 24.9 Å². The number of phenols is 1. The zero-order chi connectivity index (χ0) is 14.7. The minimum atomic E-state index is -1.15. The number of carbonyl (C=O) groups is 2. The van der Waals surface area contributed by atoms with Gasteiger partial charge in [-0.15, -0.1) is 0 Å². The largest absolute Gasteiger partial charge is 0.508 e. The molecule has 0 saturated carbocycles. The number of carboxylic acids is 1. The van der Waals surface area contributed by atoms with Gasteiger partial charge in [-0.1, -0.05) is 18.2 Å². The van der Waals surface area contributed by atoms with Gasteiger partial charge in [0.15, 0.2) is 0 Å². The number of carboxylic acid groups (broad SMARTS) is 1. The third-order valence-electron chi connectivity index (χ3n) is 1.96. The molecule has 106 valence electrons. The number of primary amides is 1. The van der Waals surface area contributed by atoms with Crippen LogP contribution in [0.4, 0.5) is 0 Å². The number of aromatic hydroxyl groups is 1. The van der Waals surface area contributed by atoms with Crippen LogP contribution in [0.5, 0.6) is 5.75 Å². The van der Waals surface area contributed by atoms with Gasteiger partial charge in [0.05, 0.1) is 13.0 Å². The maximum Gasteiger partial charge on any atom is 0.321 e. The molecule has 7 heteroatoms. The summed E-state index contributed by atoms with van der Waals surface area (Å²) >= 11 is 0. The van der Waals surface area contributed by atoms with E-state index in [1.807, 2.05) is 6.07 Å². The van der Waals surface area contributed by atoms with Crippen molar-refractivity contribution in [1.29, 1.82) is 0 Å². The second-order valence-corrected chi connectivity index (χ2v) is 3.57. The number of aliphatic hydroxyl groups is 1. The van der Waals surface area contributed by atoms with E-state index in [4.69, 9.17) is 21.1 Å². The Morgan fingerprint density at radius 2 is 1.84 bits per heavy atom. The minimum Gasteiger partial charge on any atom is -0.508 e. The van der Waals surface area contributed by atoms with E-state index >= 15 is 0 Å². The van der Waals surface area contributed by atoms with Gasteiger partial charge in [0.2, 0.25) is 5.91 Å². The Morgan fingerprint density at radius 3 is 2.16 bits per heavy atom. The molecule has 0 unspecified atom stereocenters. The van der Waals surface area contributed by atoms with Crippen molar-refractivity contribution in [3.63, 3.8) is 0 Å². The fourth-order valence-electron chi connectivity index (χ4n) is 1.11. The molecule has 19 heavy (non-hydrogen) atoms. The maximum absolute atomic E-state index is 10.4. The molecule has 0 radical (unpaired) electrons. The van der Waals surface area contributed by atoms with Crippen LogP contribution in [0.3, 0.4) is 0 Å². The van der Waals surface area contributed by atoms with Gasteiger partial charge in [-0.3, -0.25) is 9.59 Å². The summed E-state index contributed by atoms with van der Waals surface area (Å²) in [6.07, 6.45) is -0.269. The number of para-hydroxylation sites is 1. The van der Waals surface area contributed by atoms with E-state index in [0.717, 1.165) is 0 Å². The summed E-state index contributed by atoms with van der Waals surface area (Å²) in [5.41, 5.74) is 4.80. The number of rotatable bonds is 6. The first-order valence-electron chi connectivity index (χ1n) is 5.56. The van der Waals surface area contributed by atoms with Crippen molar-refractivity contribution in [3.05, 3.63) is 30.3 Å². The van der Waals surface area contributed by atoms with E-state index < -0.39 is 17.9 Å². The van der Waals surface area contributed by atoms with Crippen molar-refractivity contribution >= 4 is 11.9 Å². The maximum atomic E-state index is 10.4. The van der Waals surface area contributed by atoms with Gasteiger partial charge < -0.3 is 26.4 Å². The van der Waals surface area contributed by atoms with Crippen molar-refractivity contribution in [1.82, 2.24) is 5.32 Å². The van der Waals surface area contributed by atoms with Crippen LogP contribution in [0, 0.1) is 0 Å². The van der Waals surface area contributed by atoms with E-state index in [1.165, 1.54) is 0 Å². The van der Waals surface area contributed by atoms with E-state index in [0.29, 0.717) is 5.75 Å². The Kier molecular flexibility index (Phi) is 8.76. The monoisotopic (exact) mass is 270 g/mol. The molecule has 1 amide bonds. The van der Waals surface area contributed by atoms with Gasteiger partial charge in [-0.2, -0.15) is 0 Å². The van der Waals surface area contributed by atoms with E-state index in [1.54, 1.807) is 24.3 Å². The minimum absolute atomic E-state index is 0.129. The number of benzene rings is 1. The summed E-state index contributed by atoms with van der Waals surface area (Å²) in [6.45, 7) is -0.0488. The highest BCUT2D eigenvalue weighted by atomic mass is 16.4. The fourth-order valence-corrected chi connectivity index (χ4v) is 1.11. The summed E-state index contributed by atoms with van der Waals surface area (Å²) in [4.78, 5) is 20.7. The average Bonchev–Trinajstić information content (AvgIpc) is 2.35. The number of nitrogens with one attached hydrogen (secondary N) is 1. The Labute approximate surface area is 110 Å². The average molecular weight is 270 g/mol. The van der Waals surface area contributed by atoms with Crippen LogP contribution in [0.1, 0.15) is 6.42 Å². The van der Waals surface area contributed by atoms with Gasteiger partial charge in [0, 0.05) is 6.54 Å². The smallest absolute Gasteiger partial charge is 0.321 e. The van der Waals surface area contributed by atoms with Crippen molar-refractivity contribution in [2.75, 3.05) is 13.2 Å². The molecule has 0 aromatic heterocycles. The molecule has 0 heterocycles. The highest BCUT2D eigenvalue weighted by Gasteiger charge is 2.18. The molecular formula is C12H18N2O5. The number of aliphatic hydroxyl groups excluding tert-OH is 1. The number of hydrogen-bond acceptors (Lipinski definition) is 5. The van der Waals surface area contributed by atoms with Crippen LogP contribution in [0.2, 0.25) is 0 Å². The number of phenolic OH excluding ortho intramolecular Hbond substituents is 1. The summed E-state index contributed by atoms with van der Waals surface area (Å²) in [7, 11) is 0. The fraction of sp³-hybridized carbons (Fsp3) is 0.333. The molecule has 0 bridgehead atoms. The van der Waals surface area contributed by atoms with E-state index in [2.05, 4.69) is 5.32 Å². The highest BCUT2D eigenvalue weighted by Crippen LogP contribution is 2.02. The Balaban J connectivity index is 0.000000388. The lowest BCUT2D eigenvalue weighted by molar-refractivity contribution is -0.141. The number of aliphatic carboxylic acids is 1. The van der Waals surface area contributed by atoms with Crippen molar-refractivity contribution in [2.45, 2.75) is 12.5 Å². The van der Waals surface area contributed by atoms with Gasteiger partial charge in [-0.05, 0) is 12.1 Å². The lowest BCUT2D eigenvalue weighted by atomic mass is 10.2. The Bertz CT molecular complexity index is 383. The van der Waals surface area contributed by atoms with Crippen LogP contribution in [-0.2, 0) is 9.59 Å². The molecule has 0 aliphatic carbocycles. The van der Waals surface area contributed by atoms with Crippen LogP contribution in [0.15, 0.2) is 30.3 Å². The quantitative estimate of drug-likeness (QED) is 0.463. The predicted molar refractivity (Wildman–Crippen MR) is 68.4 cm³/mol. The van der Waals surface area contributed by atoms with Crippen molar-refractivity contribution in [3.8, 4) is 5.75 Å². The molecule has 1 aromatic carbocycles. The molecular weight excluding hydrogens is 252 g/mol. The van der Waals surface area contributed by atoms with E-state index in [-0.39, 0.29) is 19.6 Å². The molecule has 1 atom stereocenters. The molecule has 0 fully saturated rings. The second kappa shape index (κ2) is 9.86. The molecule has 1 aromatic rings. The molecule has 7 nitrogen and oxygen atoms in total. The SMILES string of the molecule is NC(=O)C[C@H](NCCO)C(=O)O.Oc1ccccc1. The molecule has 1 rings (SSSR count). The summed E-state index contributed by atoms with van der Waals surface area (Å²) in [5.74, 6) is -1.52. The number of hydrogen-bond donors (Lipinski definition) is 5. The molecule has 6 N–H and O–H groups in total. The van der Waals surface area contributed by atoms with E-state index in [9.17, 15) is 9.59 Å². The first kappa shape index (κ1) is 16.9. The standard InChI is InChI=1S/C6H12N2O4.C6H6O/c7-5(10)3-4(6(11)12)8-1-2-9;7-6-4-2-1-3-5-6/h4,8-9H,1-3H2,(H2,7,10)(H,11,12);1-5,7H/t4-;/m0./s1. The third-order valence-corrected chi connectivity index (χ3v) is 1.96. The summed E-state index contributed by atoms with van der Waals surface area (Å²) in [5, 5.41) is 27.9. The number of nitrogens with two attached hydrogens (primary N) is 1. The second-order valence-electron chi connectivity index (χ2n) is 3.57. The topological polar surface area (TPSA) is 133 Å². The van der Waals surface area contributed by atoms with Crippen LogP contribution < -0.4 is 11.1 Å². The normalized spacial score (nSPS) is 11.0. The molecule has 0 spiro atoms. The summed E-state index contributed by atoms with van der Waals surface area (Å²) in [6, 6.07) is 7.71. The number of carbonyl (C=O) groups excluding carboxylic acids is 1. The molecule has 0 aliphatic rings. The van der Waals surface area contributed by atoms with Gasteiger partial charge in [0.1, 0.15) is 11.8 Å². The zero-order valence-corrected chi connectivity index (χ0v) is 10.3. The Hall–Kier alpha value is -2.12. The highest BCUT2D eigenvalue weighted by molar-refractivity contribution is 5.83. The van der Waals surface area contributed by atoms with Crippen LogP contribution in [-0.4, -0.2) is 46.4 Å². The molecule has 0 saturated heterocycles. The number of amides is 1. The van der Waals surface area contributed by atoms with Gasteiger partial charge in [-0.25, -0.2) is 0 Å². The first-order valence-corrected chi connectivity index (χ1v) is 5.56. The predicted octanol–water partition coefficient (Wildman–Crippen LogP) is -0.711. The first-order chi connectivity index (χ1) is 8.97. The lowest BCUT2D eigenvalue weighted by Gasteiger charge is -2.10. The van der Waals surface area contributed by atoms with Crippen LogP contribution >= 0.6 is 0 Å². The zero-order valence-electron chi connectivity index (χ0n) is 10.3. The lowest BCUT2D eigenvalue weighted by Crippen LogP contribution is -2.41. The van der Waals surface area contributed by atoms with Gasteiger partial charge >= 0.3 is 5.97 Å². The molecule has 0 aliphatic heterocycles.